The van der Waals surface area contributed by atoms with E-state index in [9.17, 15) is 14.0 Å². The van der Waals surface area contributed by atoms with Crippen LogP contribution < -0.4 is 5.32 Å². The van der Waals surface area contributed by atoms with Crippen LogP contribution in [0.5, 0.6) is 0 Å². The molecule has 3 aromatic carbocycles. The number of hydrogen-bond acceptors (Lipinski definition) is 2. The van der Waals surface area contributed by atoms with Gasteiger partial charge in [-0.05, 0) is 47.9 Å². The number of amides is 2. The molecule has 0 spiro atoms. The molecule has 6 heteroatoms. The summed E-state index contributed by atoms with van der Waals surface area (Å²) in [7, 11) is 0. The topological polar surface area (TPSA) is 65.2 Å². The average molecular weight is 456 g/mol. The van der Waals surface area contributed by atoms with Crippen LogP contribution in [0.1, 0.15) is 47.8 Å². The summed E-state index contributed by atoms with van der Waals surface area (Å²) in [5.74, 6) is -0.926. The molecule has 0 radical (unpaired) electrons. The number of halogens is 1. The number of rotatable bonds is 6. The Kier molecular flexibility index (Phi) is 5.65. The summed E-state index contributed by atoms with van der Waals surface area (Å²) in [6, 6.07) is 20.1. The van der Waals surface area contributed by atoms with Gasteiger partial charge in [0, 0.05) is 33.9 Å². The van der Waals surface area contributed by atoms with Crippen molar-refractivity contribution in [3.63, 3.8) is 0 Å². The van der Waals surface area contributed by atoms with Crippen molar-refractivity contribution < 1.29 is 14.0 Å². The van der Waals surface area contributed by atoms with E-state index in [-0.39, 0.29) is 23.5 Å². The Bertz CT molecular complexity index is 1360. The number of aromatic amines is 1. The molecule has 2 amide bonds. The molecule has 0 saturated heterocycles. The lowest BCUT2D eigenvalue weighted by Gasteiger charge is -2.36. The van der Waals surface area contributed by atoms with Crippen LogP contribution in [-0.2, 0) is 4.79 Å². The highest BCUT2D eigenvalue weighted by Crippen LogP contribution is 2.43. The van der Waals surface area contributed by atoms with E-state index >= 15 is 0 Å². The summed E-state index contributed by atoms with van der Waals surface area (Å²) in [4.78, 5) is 32.5. The Morgan fingerprint density at radius 2 is 1.74 bits per heavy atom. The summed E-state index contributed by atoms with van der Waals surface area (Å²) in [6.45, 7) is 3.99. The van der Waals surface area contributed by atoms with Crippen molar-refractivity contribution in [3.05, 3.63) is 102 Å². The summed E-state index contributed by atoms with van der Waals surface area (Å²) in [5, 5.41) is 3.92. The number of benzene rings is 3. The maximum atomic E-state index is 13.8. The molecule has 0 aliphatic carbocycles. The molecule has 0 fully saturated rings. The minimum absolute atomic E-state index is 0.105. The number of carbonyl (C=O) groups excluding carboxylic acids is 2. The number of nitrogens with zero attached hydrogens (tertiary/aromatic N) is 1. The molecular weight excluding hydrogens is 429 g/mol. The normalized spacial score (nSPS) is 17.0. The van der Waals surface area contributed by atoms with Crippen LogP contribution in [-0.4, -0.2) is 27.7 Å². The summed E-state index contributed by atoms with van der Waals surface area (Å²) in [6.07, 6.45) is 2.64. The number of carbonyl (C=O) groups is 2. The maximum Gasteiger partial charge on any atom is 0.255 e. The van der Waals surface area contributed by atoms with Crippen molar-refractivity contribution in [3.8, 4) is 0 Å². The highest BCUT2D eigenvalue weighted by molar-refractivity contribution is 6.05. The molecule has 1 aliphatic rings. The van der Waals surface area contributed by atoms with E-state index in [0.717, 1.165) is 22.0 Å². The third-order valence-corrected chi connectivity index (χ3v) is 6.78. The van der Waals surface area contributed by atoms with Gasteiger partial charge in [-0.3, -0.25) is 9.59 Å². The van der Waals surface area contributed by atoms with Gasteiger partial charge >= 0.3 is 0 Å². The Morgan fingerprint density at radius 3 is 2.50 bits per heavy atom. The largest absolute Gasteiger partial charge is 0.361 e. The first-order chi connectivity index (χ1) is 16.5. The molecule has 0 saturated carbocycles. The lowest BCUT2D eigenvalue weighted by Crippen LogP contribution is -2.49. The van der Waals surface area contributed by atoms with E-state index in [1.54, 1.807) is 4.90 Å². The summed E-state index contributed by atoms with van der Waals surface area (Å²) in [5.41, 5.74) is 3.93. The monoisotopic (exact) mass is 455 g/mol. The van der Waals surface area contributed by atoms with Gasteiger partial charge in [0.05, 0.1) is 6.04 Å². The van der Waals surface area contributed by atoms with Gasteiger partial charge in [0.1, 0.15) is 11.9 Å². The van der Waals surface area contributed by atoms with E-state index in [2.05, 4.69) is 10.3 Å². The van der Waals surface area contributed by atoms with Crippen molar-refractivity contribution in [2.24, 2.45) is 5.92 Å². The van der Waals surface area contributed by atoms with E-state index in [4.69, 9.17) is 0 Å². The Balaban J connectivity index is 1.62. The number of nitrogens with one attached hydrogen (secondary N) is 2. The smallest absolute Gasteiger partial charge is 0.255 e. The second-order valence-corrected chi connectivity index (χ2v) is 8.82. The first kappa shape index (κ1) is 21.9. The number of H-pyrrole nitrogens is 1. The van der Waals surface area contributed by atoms with Crippen LogP contribution in [0.2, 0.25) is 0 Å². The van der Waals surface area contributed by atoms with Crippen molar-refractivity contribution in [2.45, 2.75) is 32.4 Å². The summed E-state index contributed by atoms with van der Waals surface area (Å²) >= 11 is 0. The Morgan fingerprint density at radius 1 is 1.03 bits per heavy atom. The van der Waals surface area contributed by atoms with Crippen LogP contribution in [0.25, 0.3) is 10.9 Å². The number of hydrogen-bond donors (Lipinski definition) is 2. The molecular formula is C28H26FN3O2. The third-order valence-electron chi connectivity index (χ3n) is 6.78. The zero-order valence-corrected chi connectivity index (χ0v) is 19.1. The van der Waals surface area contributed by atoms with E-state index in [1.165, 1.54) is 24.3 Å². The molecule has 4 aromatic rings. The molecule has 34 heavy (non-hydrogen) atoms. The second-order valence-electron chi connectivity index (χ2n) is 8.82. The lowest BCUT2D eigenvalue weighted by atomic mass is 9.92. The predicted molar refractivity (Wildman–Crippen MR) is 131 cm³/mol. The van der Waals surface area contributed by atoms with Crippen LogP contribution >= 0.6 is 0 Å². The SMILES string of the molecule is CCC(C)C(C(=O)Nc1ccc(F)cc1)N1C(=O)c2ccccc2C1c1c[nH]c2ccccc12. The Hall–Kier alpha value is -3.93. The fourth-order valence-electron chi connectivity index (χ4n) is 4.89. The number of para-hydroxylation sites is 1. The van der Waals surface area contributed by atoms with Crippen LogP contribution in [0, 0.1) is 11.7 Å². The maximum absolute atomic E-state index is 13.8. The molecule has 2 N–H and O–H groups in total. The van der Waals surface area contributed by atoms with Crippen molar-refractivity contribution >= 4 is 28.4 Å². The Labute approximate surface area is 197 Å². The minimum atomic E-state index is -0.714. The molecule has 3 atom stereocenters. The van der Waals surface area contributed by atoms with Crippen molar-refractivity contribution in [1.29, 1.82) is 0 Å². The van der Waals surface area contributed by atoms with E-state index < -0.39 is 12.1 Å². The predicted octanol–water partition coefficient (Wildman–Crippen LogP) is 5.91. The van der Waals surface area contributed by atoms with Crippen LogP contribution in [0.4, 0.5) is 10.1 Å². The van der Waals surface area contributed by atoms with Crippen LogP contribution in [0.15, 0.2) is 79.0 Å². The fourth-order valence-corrected chi connectivity index (χ4v) is 4.89. The molecule has 5 nitrogen and oxygen atoms in total. The van der Waals surface area contributed by atoms with Gasteiger partial charge < -0.3 is 15.2 Å². The number of anilines is 1. The molecule has 1 aromatic heterocycles. The zero-order valence-electron chi connectivity index (χ0n) is 19.1. The number of fused-ring (bicyclic) bond motifs is 2. The van der Waals surface area contributed by atoms with Gasteiger partial charge in [-0.25, -0.2) is 4.39 Å². The quantitative estimate of drug-likeness (QED) is 0.380. The molecule has 5 rings (SSSR count). The van der Waals surface area contributed by atoms with Gasteiger partial charge in [0.25, 0.3) is 5.91 Å². The molecule has 2 heterocycles. The van der Waals surface area contributed by atoms with Crippen LogP contribution in [0.3, 0.4) is 0 Å². The minimum Gasteiger partial charge on any atom is -0.361 e. The zero-order chi connectivity index (χ0) is 23.8. The van der Waals surface area contributed by atoms with Gasteiger partial charge in [-0.1, -0.05) is 56.7 Å². The van der Waals surface area contributed by atoms with E-state index in [1.807, 2.05) is 68.6 Å². The molecule has 0 bridgehead atoms. The summed E-state index contributed by atoms with van der Waals surface area (Å²) < 4.78 is 13.4. The molecule has 172 valence electrons. The first-order valence-corrected chi connectivity index (χ1v) is 11.5. The molecule has 3 unspecified atom stereocenters. The highest BCUT2D eigenvalue weighted by atomic mass is 19.1. The molecule has 1 aliphatic heterocycles. The van der Waals surface area contributed by atoms with E-state index in [0.29, 0.717) is 17.7 Å². The first-order valence-electron chi connectivity index (χ1n) is 11.5. The average Bonchev–Trinajstić information content (AvgIpc) is 3.40. The van der Waals surface area contributed by atoms with Crippen molar-refractivity contribution in [2.75, 3.05) is 5.32 Å². The van der Waals surface area contributed by atoms with Gasteiger partial charge in [0.15, 0.2) is 0 Å². The number of aromatic nitrogens is 1. The lowest BCUT2D eigenvalue weighted by molar-refractivity contribution is -0.122. The van der Waals surface area contributed by atoms with Crippen molar-refractivity contribution in [1.82, 2.24) is 9.88 Å². The van der Waals surface area contributed by atoms with Gasteiger partial charge in [0.2, 0.25) is 5.91 Å². The third kappa shape index (κ3) is 3.65. The standard InChI is InChI=1S/C28H26FN3O2/c1-3-17(2)25(27(33)31-19-14-12-18(29)13-15-19)32-26(21-9-4-5-10-22(21)28(32)34)23-16-30-24-11-7-6-8-20(23)24/h4-17,25-26,30H,3H2,1-2H3,(H,31,33). The van der Waals surface area contributed by atoms with Gasteiger partial charge in [-0.15, -0.1) is 0 Å². The van der Waals surface area contributed by atoms with Gasteiger partial charge in [-0.2, -0.15) is 0 Å². The fraction of sp³-hybridized carbons (Fsp3) is 0.214. The second kappa shape index (κ2) is 8.78. The highest BCUT2D eigenvalue weighted by Gasteiger charge is 2.46.